The zero-order chi connectivity index (χ0) is 17.0. The number of nitrogens with zero attached hydrogens (tertiary/aromatic N) is 2. The molecule has 0 aliphatic carbocycles. The summed E-state index contributed by atoms with van der Waals surface area (Å²) in [6.07, 6.45) is 3.51. The molecule has 2 aliphatic heterocycles. The summed E-state index contributed by atoms with van der Waals surface area (Å²) in [6, 6.07) is 8.13. The fraction of sp³-hybridized carbons (Fsp3) is 0.556. The lowest BCUT2D eigenvalue weighted by Crippen LogP contribution is -2.28. The van der Waals surface area contributed by atoms with Gasteiger partial charge in [0, 0.05) is 25.3 Å². The SMILES string of the molecule is CC1(c2cccc(OCCCN3CCCC3=O)c2)CCSC(N)=N1. The summed E-state index contributed by atoms with van der Waals surface area (Å²) in [5.41, 5.74) is 6.77. The Kier molecular flexibility index (Phi) is 5.33. The lowest BCUT2D eigenvalue weighted by Gasteiger charge is -2.30. The number of hydrogen-bond acceptors (Lipinski definition) is 5. The van der Waals surface area contributed by atoms with Crippen molar-refractivity contribution in [2.75, 3.05) is 25.4 Å². The van der Waals surface area contributed by atoms with Crippen LogP contribution in [0.1, 0.15) is 38.2 Å². The zero-order valence-corrected chi connectivity index (χ0v) is 15.0. The second kappa shape index (κ2) is 7.47. The molecule has 0 aromatic heterocycles. The van der Waals surface area contributed by atoms with E-state index in [1.807, 2.05) is 17.0 Å². The number of benzene rings is 1. The van der Waals surface area contributed by atoms with Gasteiger partial charge in [-0.15, -0.1) is 0 Å². The van der Waals surface area contributed by atoms with Crippen molar-refractivity contribution in [2.45, 2.75) is 38.1 Å². The van der Waals surface area contributed by atoms with Crippen LogP contribution in [-0.2, 0) is 10.3 Å². The van der Waals surface area contributed by atoms with Crippen LogP contribution in [0.5, 0.6) is 5.75 Å². The van der Waals surface area contributed by atoms with E-state index in [9.17, 15) is 4.79 Å². The molecule has 6 heteroatoms. The molecular weight excluding hydrogens is 322 g/mol. The predicted molar refractivity (Wildman–Crippen MR) is 98.4 cm³/mol. The molecular formula is C18H25N3O2S. The molecule has 130 valence electrons. The summed E-state index contributed by atoms with van der Waals surface area (Å²) >= 11 is 1.61. The van der Waals surface area contributed by atoms with Gasteiger partial charge in [-0.2, -0.15) is 0 Å². The maximum Gasteiger partial charge on any atom is 0.222 e. The predicted octanol–water partition coefficient (Wildman–Crippen LogP) is 2.74. The number of ether oxygens (including phenoxy) is 1. The largest absolute Gasteiger partial charge is 0.494 e. The van der Waals surface area contributed by atoms with E-state index >= 15 is 0 Å². The van der Waals surface area contributed by atoms with Gasteiger partial charge in [-0.05, 0) is 43.9 Å². The van der Waals surface area contributed by atoms with E-state index < -0.39 is 0 Å². The normalized spacial score (nSPS) is 24.1. The Morgan fingerprint density at radius 2 is 2.33 bits per heavy atom. The number of amidine groups is 1. The molecule has 2 aliphatic rings. The highest BCUT2D eigenvalue weighted by molar-refractivity contribution is 8.13. The highest BCUT2D eigenvalue weighted by Gasteiger charge is 2.29. The maximum absolute atomic E-state index is 11.6. The van der Waals surface area contributed by atoms with E-state index in [0.717, 1.165) is 49.4 Å². The Hall–Kier alpha value is -1.69. The van der Waals surface area contributed by atoms with Gasteiger partial charge in [0.1, 0.15) is 5.75 Å². The highest BCUT2D eigenvalue weighted by Crippen LogP contribution is 2.36. The van der Waals surface area contributed by atoms with Crippen LogP contribution in [0, 0.1) is 0 Å². The van der Waals surface area contributed by atoms with Crippen molar-refractivity contribution in [3.8, 4) is 5.75 Å². The van der Waals surface area contributed by atoms with Crippen LogP contribution in [0.25, 0.3) is 0 Å². The number of amides is 1. The van der Waals surface area contributed by atoms with Gasteiger partial charge in [0.25, 0.3) is 0 Å². The molecule has 2 heterocycles. The molecule has 1 fully saturated rings. The Labute approximate surface area is 147 Å². The van der Waals surface area contributed by atoms with E-state index in [1.54, 1.807) is 11.8 Å². The van der Waals surface area contributed by atoms with Crippen molar-refractivity contribution in [3.05, 3.63) is 29.8 Å². The van der Waals surface area contributed by atoms with E-state index in [0.29, 0.717) is 18.2 Å². The second-order valence-corrected chi connectivity index (χ2v) is 7.65. The zero-order valence-electron chi connectivity index (χ0n) is 14.2. The lowest BCUT2D eigenvalue weighted by atomic mass is 9.90. The molecule has 1 amide bonds. The second-order valence-electron chi connectivity index (χ2n) is 6.54. The maximum atomic E-state index is 11.6. The van der Waals surface area contributed by atoms with Crippen LogP contribution < -0.4 is 10.5 Å². The minimum Gasteiger partial charge on any atom is -0.494 e. The minimum atomic E-state index is -0.267. The average molecular weight is 347 g/mol. The Balaban J connectivity index is 1.55. The summed E-state index contributed by atoms with van der Waals surface area (Å²) < 4.78 is 5.88. The highest BCUT2D eigenvalue weighted by atomic mass is 32.2. The molecule has 1 saturated heterocycles. The number of aliphatic imine (C=N–C) groups is 1. The summed E-state index contributed by atoms with van der Waals surface area (Å²) in [5, 5.41) is 0.658. The van der Waals surface area contributed by atoms with Crippen LogP contribution in [0.15, 0.2) is 29.3 Å². The Bertz CT molecular complexity index is 634. The van der Waals surface area contributed by atoms with Crippen molar-refractivity contribution in [2.24, 2.45) is 10.7 Å². The molecule has 3 rings (SSSR count). The molecule has 1 atom stereocenters. The van der Waals surface area contributed by atoms with Gasteiger partial charge in [0.15, 0.2) is 5.17 Å². The van der Waals surface area contributed by atoms with Crippen LogP contribution in [0.2, 0.25) is 0 Å². The van der Waals surface area contributed by atoms with Crippen molar-refractivity contribution >= 4 is 22.8 Å². The summed E-state index contributed by atoms with van der Waals surface area (Å²) in [7, 11) is 0. The van der Waals surface area contributed by atoms with Crippen LogP contribution in [-0.4, -0.2) is 41.4 Å². The Morgan fingerprint density at radius 1 is 1.46 bits per heavy atom. The molecule has 1 aromatic rings. The van der Waals surface area contributed by atoms with Crippen molar-refractivity contribution in [3.63, 3.8) is 0 Å². The fourth-order valence-corrected chi connectivity index (χ4v) is 4.18. The van der Waals surface area contributed by atoms with Crippen LogP contribution in [0.4, 0.5) is 0 Å². The third kappa shape index (κ3) is 4.04. The average Bonchev–Trinajstić information content (AvgIpc) is 2.97. The fourth-order valence-electron chi connectivity index (χ4n) is 3.20. The van der Waals surface area contributed by atoms with Gasteiger partial charge in [-0.1, -0.05) is 23.9 Å². The van der Waals surface area contributed by atoms with Gasteiger partial charge in [-0.3, -0.25) is 9.79 Å². The van der Waals surface area contributed by atoms with Crippen LogP contribution >= 0.6 is 11.8 Å². The number of carbonyl (C=O) groups excluding carboxylic acids is 1. The van der Waals surface area contributed by atoms with Gasteiger partial charge in [0.05, 0.1) is 12.1 Å². The van der Waals surface area contributed by atoms with E-state index in [4.69, 9.17) is 10.5 Å². The van der Waals surface area contributed by atoms with Crippen molar-refractivity contribution in [1.29, 1.82) is 0 Å². The summed E-state index contributed by atoms with van der Waals surface area (Å²) in [5.74, 6) is 2.12. The quantitative estimate of drug-likeness (QED) is 0.804. The van der Waals surface area contributed by atoms with E-state index in [2.05, 4.69) is 24.0 Å². The minimum absolute atomic E-state index is 0.267. The van der Waals surface area contributed by atoms with E-state index in [1.165, 1.54) is 0 Å². The molecule has 0 spiro atoms. The number of hydrogen-bond donors (Lipinski definition) is 1. The number of thioether (sulfide) groups is 1. The molecule has 24 heavy (non-hydrogen) atoms. The lowest BCUT2D eigenvalue weighted by molar-refractivity contribution is -0.127. The summed E-state index contributed by atoms with van der Waals surface area (Å²) in [6.45, 7) is 4.42. The standard InChI is InChI=1S/C18H25N3O2S/c1-18(8-12-24-17(19)20-18)14-5-2-6-15(13-14)23-11-4-10-21-9-3-7-16(21)22/h2,5-6,13H,3-4,7-12H2,1H3,(H2,19,20). The third-order valence-corrected chi connectivity index (χ3v) is 5.46. The van der Waals surface area contributed by atoms with Crippen LogP contribution in [0.3, 0.4) is 0 Å². The smallest absolute Gasteiger partial charge is 0.222 e. The molecule has 1 aromatic carbocycles. The molecule has 0 radical (unpaired) electrons. The third-order valence-electron chi connectivity index (χ3n) is 4.66. The molecule has 0 bridgehead atoms. The Morgan fingerprint density at radius 3 is 3.08 bits per heavy atom. The first-order chi connectivity index (χ1) is 11.6. The number of carbonyl (C=O) groups is 1. The van der Waals surface area contributed by atoms with Crippen molar-refractivity contribution < 1.29 is 9.53 Å². The molecule has 0 saturated carbocycles. The topological polar surface area (TPSA) is 67.9 Å². The first-order valence-electron chi connectivity index (χ1n) is 8.56. The summed E-state index contributed by atoms with van der Waals surface area (Å²) in [4.78, 5) is 18.1. The number of likely N-dealkylation sites (tertiary alicyclic amines) is 1. The van der Waals surface area contributed by atoms with Gasteiger partial charge in [-0.25, -0.2) is 0 Å². The van der Waals surface area contributed by atoms with Gasteiger partial charge in [0.2, 0.25) is 5.91 Å². The molecule has 1 unspecified atom stereocenters. The number of rotatable bonds is 6. The number of nitrogens with two attached hydrogens (primary N) is 1. The first-order valence-corrected chi connectivity index (χ1v) is 9.55. The van der Waals surface area contributed by atoms with E-state index in [-0.39, 0.29) is 11.4 Å². The molecule has 5 nitrogen and oxygen atoms in total. The van der Waals surface area contributed by atoms with Crippen molar-refractivity contribution in [1.82, 2.24) is 4.90 Å². The van der Waals surface area contributed by atoms with Gasteiger partial charge >= 0.3 is 0 Å². The first kappa shape index (κ1) is 17.1. The molecule has 2 N–H and O–H groups in total. The monoisotopic (exact) mass is 347 g/mol. The van der Waals surface area contributed by atoms with Gasteiger partial charge < -0.3 is 15.4 Å².